The van der Waals surface area contributed by atoms with Crippen molar-refractivity contribution in [2.24, 2.45) is 23.5 Å². The normalized spacial score (nSPS) is 27.6. The van der Waals surface area contributed by atoms with Gasteiger partial charge in [0.25, 0.3) is 0 Å². The van der Waals surface area contributed by atoms with Gasteiger partial charge in [-0.3, -0.25) is 4.79 Å². The topological polar surface area (TPSA) is 94.0 Å². The highest BCUT2D eigenvalue weighted by atomic mass is 35.5. The highest BCUT2D eigenvalue weighted by molar-refractivity contribution is 6.30. The van der Waals surface area contributed by atoms with Crippen molar-refractivity contribution in [1.82, 2.24) is 15.5 Å². The lowest BCUT2D eigenvalue weighted by Gasteiger charge is -2.26. The molecule has 25 heavy (non-hydrogen) atoms. The van der Waals surface area contributed by atoms with E-state index in [4.69, 9.17) is 21.9 Å². The van der Waals surface area contributed by atoms with E-state index in [2.05, 4.69) is 15.5 Å². The number of hydrogen-bond acceptors (Lipinski definition) is 5. The largest absolute Gasteiger partial charge is 0.355 e. The second-order valence-electron chi connectivity index (χ2n) is 7.00. The number of aromatic nitrogens is 2. The van der Waals surface area contributed by atoms with Gasteiger partial charge in [0.15, 0.2) is 0 Å². The van der Waals surface area contributed by atoms with Crippen molar-refractivity contribution in [3.8, 4) is 11.4 Å². The summed E-state index contributed by atoms with van der Waals surface area (Å²) in [5.74, 6) is 2.04. The van der Waals surface area contributed by atoms with Gasteiger partial charge in [-0.05, 0) is 55.4 Å². The Morgan fingerprint density at radius 2 is 2.04 bits per heavy atom. The van der Waals surface area contributed by atoms with Gasteiger partial charge in [0.1, 0.15) is 0 Å². The monoisotopic (exact) mass is 360 g/mol. The Kier molecular flexibility index (Phi) is 4.48. The molecule has 2 aliphatic rings. The molecular formula is C18H21ClN4O2. The molecule has 1 heterocycles. The highest BCUT2D eigenvalue weighted by Crippen LogP contribution is 2.47. The van der Waals surface area contributed by atoms with Crippen molar-refractivity contribution in [3.05, 3.63) is 35.2 Å². The fourth-order valence-corrected chi connectivity index (χ4v) is 4.33. The Morgan fingerprint density at radius 3 is 2.76 bits per heavy atom. The molecule has 1 aromatic carbocycles. The maximum atomic E-state index is 12.4. The summed E-state index contributed by atoms with van der Waals surface area (Å²) in [5.41, 5.74) is 7.06. The lowest BCUT2D eigenvalue weighted by Crippen LogP contribution is -2.45. The molecule has 2 aromatic rings. The highest BCUT2D eigenvalue weighted by Gasteiger charge is 2.48. The number of rotatable bonds is 5. The zero-order valence-electron chi connectivity index (χ0n) is 13.8. The molecule has 1 aromatic heterocycles. The van der Waals surface area contributed by atoms with Gasteiger partial charge in [0.2, 0.25) is 17.6 Å². The smallest absolute Gasteiger partial charge is 0.228 e. The summed E-state index contributed by atoms with van der Waals surface area (Å²) in [6.45, 7) is 0.474. The lowest BCUT2D eigenvalue weighted by atomic mass is 9.84. The minimum absolute atomic E-state index is 0.0126. The molecule has 0 spiro atoms. The van der Waals surface area contributed by atoms with E-state index in [1.54, 1.807) is 12.1 Å². The molecule has 7 heteroatoms. The molecule has 2 aliphatic carbocycles. The van der Waals surface area contributed by atoms with Gasteiger partial charge in [0, 0.05) is 29.6 Å². The average Bonchev–Trinajstić information content (AvgIpc) is 3.31. The number of benzene rings is 1. The van der Waals surface area contributed by atoms with E-state index in [1.807, 2.05) is 12.1 Å². The van der Waals surface area contributed by atoms with Gasteiger partial charge in [-0.15, -0.1) is 0 Å². The molecule has 0 saturated heterocycles. The summed E-state index contributed by atoms with van der Waals surface area (Å²) in [4.78, 5) is 16.8. The molecule has 0 aliphatic heterocycles. The number of carbonyl (C=O) groups excluding carboxylic acids is 1. The lowest BCUT2D eigenvalue weighted by molar-refractivity contribution is -0.127. The van der Waals surface area contributed by atoms with Crippen LogP contribution >= 0.6 is 11.6 Å². The molecule has 132 valence electrons. The van der Waals surface area contributed by atoms with E-state index < -0.39 is 0 Å². The van der Waals surface area contributed by atoms with Crippen LogP contribution in [0.3, 0.4) is 0 Å². The first-order valence-electron chi connectivity index (χ1n) is 8.73. The summed E-state index contributed by atoms with van der Waals surface area (Å²) < 4.78 is 5.26. The Labute approximate surface area is 151 Å². The maximum absolute atomic E-state index is 12.4. The Morgan fingerprint density at radius 1 is 1.28 bits per heavy atom. The van der Waals surface area contributed by atoms with Crippen LogP contribution in [0.15, 0.2) is 28.8 Å². The van der Waals surface area contributed by atoms with Crippen LogP contribution in [0.1, 0.15) is 25.2 Å². The van der Waals surface area contributed by atoms with Crippen molar-refractivity contribution in [3.63, 3.8) is 0 Å². The zero-order valence-corrected chi connectivity index (χ0v) is 14.6. The molecule has 0 radical (unpaired) electrons. The van der Waals surface area contributed by atoms with E-state index in [1.165, 1.54) is 6.42 Å². The van der Waals surface area contributed by atoms with Crippen molar-refractivity contribution < 1.29 is 9.32 Å². The number of carbonyl (C=O) groups is 1. The van der Waals surface area contributed by atoms with Crippen molar-refractivity contribution in [2.75, 3.05) is 6.54 Å². The van der Waals surface area contributed by atoms with Gasteiger partial charge in [-0.1, -0.05) is 16.8 Å². The van der Waals surface area contributed by atoms with Crippen LogP contribution in [0.25, 0.3) is 11.4 Å². The van der Waals surface area contributed by atoms with E-state index in [0.29, 0.717) is 41.5 Å². The van der Waals surface area contributed by atoms with Gasteiger partial charge < -0.3 is 15.6 Å². The second kappa shape index (κ2) is 6.77. The molecule has 2 fully saturated rings. The average molecular weight is 361 g/mol. The molecule has 6 nitrogen and oxygen atoms in total. The van der Waals surface area contributed by atoms with Gasteiger partial charge >= 0.3 is 0 Å². The van der Waals surface area contributed by atoms with Crippen LogP contribution in [0.2, 0.25) is 5.02 Å². The number of nitrogens with one attached hydrogen (secondary N) is 1. The molecule has 4 rings (SSSR count). The summed E-state index contributed by atoms with van der Waals surface area (Å²) in [6, 6.07) is 7.26. The second-order valence-corrected chi connectivity index (χ2v) is 7.43. The number of fused-ring (bicyclic) bond motifs is 2. The molecule has 2 saturated carbocycles. The third kappa shape index (κ3) is 3.28. The minimum Gasteiger partial charge on any atom is -0.355 e. The van der Waals surface area contributed by atoms with Crippen LogP contribution in [0.5, 0.6) is 0 Å². The summed E-state index contributed by atoms with van der Waals surface area (Å²) >= 11 is 5.88. The predicted octanol–water partition coefficient (Wildman–Crippen LogP) is 2.42. The third-order valence-electron chi connectivity index (χ3n) is 5.49. The molecule has 4 unspecified atom stereocenters. The Balaban J connectivity index is 1.30. The molecule has 1 amide bonds. The summed E-state index contributed by atoms with van der Waals surface area (Å²) in [5, 5.41) is 7.61. The predicted molar refractivity (Wildman–Crippen MR) is 93.8 cm³/mol. The number of amides is 1. The summed E-state index contributed by atoms with van der Waals surface area (Å²) in [6.07, 6.45) is 3.91. The first-order chi connectivity index (χ1) is 12.1. The van der Waals surface area contributed by atoms with Gasteiger partial charge in [-0.25, -0.2) is 0 Å². The first-order valence-corrected chi connectivity index (χ1v) is 9.11. The van der Waals surface area contributed by atoms with E-state index in [9.17, 15) is 4.79 Å². The van der Waals surface area contributed by atoms with Crippen molar-refractivity contribution in [2.45, 2.75) is 31.7 Å². The number of hydrogen-bond donors (Lipinski definition) is 2. The number of halogens is 1. The summed E-state index contributed by atoms with van der Waals surface area (Å²) in [7, 11) is 0. The van der Waals surface area contributed by atoms with E-state index >= 15 is 0 Å². The Hall–Kier alpha value is -1.92. The Bertz CT molecular complexity index is 759. The first kappa shape index (κ1) is 16.5. The van der Waals surface area contributed by atoms with Gasteiger partial charge in [0.05, 0.1) is 5.92 Å². The molecule has 3 N–H and O–H groups in total. The third-order valence-corrected chi connectivity index (χ3v) is 5.74. The molecular weight excluding hydrogens is 340 g/mol. The van der Waals surface area contributed by atoms with E-state index in [-0.39, 0.29) is 17.9 Å². The molecule has 2 bridgehead atoms. The fourth-order valence-electron chi connectivity index (χ4n) is 4.21. The quantitative estimate of drug-likeness (QED) is 0.854. The maximum Gasteiger partial charge on any atom is 0.228 e. The van der Waals surface area contributed by atoms with E-state index in [0.717, 1.165) is 18.4 Å². The SMILES string of the molecule is NC1C2CCC(C2)C1C(=O)NCCc1nc(-c2ccc(Cl)cc2)no1. The standard InChI is InChI=1S/C18H21ClN4O2/c19-13-5-3-10(4-6-13)17-22-14(25-23-17)7-8-21-18(24)15-11-1-2-12(9-11)16(15)20/h3-6,11-12,15-16H,1-2,7-9,20H2,(H,21,24). The minimum atomic E-state index is -0.0361. The molecule has 4 atom stereocenters. The van der Waals surface area contributed by atoms with Crippen LogP contribution in [0.4, 0.5) is 0 Å². The van der Waals surface area contributed by atoms with Crippen molar-refractivity contribution >= 4 is 17.5 Å². The fraction of sp³-hybridized carbons (Fsp3) is 0.500. The number of nitrogens with zero attached hydrogens (tertiary/aromatic N) is 2. The zero-order chi connectivity index (χ0) is 17.4. The van der Waals surface area contributed by atoms with Crippen molar-refractivity contribution in [1.29, 1.82) is 0 Å². The van der Waals surface area contributed by atoms with Gasteiger partial charge in [-0.2, -0.15) is 4.98 Å². The van der Waals surface area contributed by atoms with Crippen LogP contribution in [0, 0.1) is 17.8 Å². The van der Waals surface area contributed by atoms with Crippen LogP contribution in [-0.4, -0.2) is 28.6 Å². The van der Waals surface area contributed by atoms with Crippen LogP contribution < -0.4 is 11.1 Å². The number of nitrogens with two attached hydrogens (primary N) is 1. The van der Waals surface area contributed by atoms with Crippen LogP contribution in [-0.2, 0) is 11.2 Å².